The van der Waals surface area contributed by atoms with E-state index < -0.39 is 0 Å². The summed E-state index contributed by atoms with van der Waals surface area (Å²) in [6.45, 7) is 18.3. The molecule has 2 aromatic rings. The monoisotopic (exact) mass is 597 g/mol. The van der Waals surface area contributed by atoms with Gasteiger partial charge in [0, 0.05) is 22.3 Å². The molecule has 3 rings (SSSR count). The van der Waals surface area contributed by atoms with Crippen molar-refractivity contribution in [2.24, 2.45) is 0 Å². The second-order valence-electron chi connectivity index (χ2n) is 13.3. The summed E-state index contributed by atoms with van der Waals surface area (Å²) in [6.07, 6.45) is 20.8. The Kier molecular flexibility index (Phi) is 15.1. The van der Waals surface area contributed by atoms with E-state index in [4.69, 9.17) is 0 Å². The fourth-order valence-corrected chi connectivity index (χ4v) is 7.29. The van der Waals surface area contributed by atoms with Gasteiger partial charge in [-0.3, -0.25) is 0 Å². The molecule has 0 saturated heterocycles. The molecule has 0 radical (unpaired) electrons. The van der Waals surface area contributed by atoms with Crippen LogP contribution < -0.4 is 0 Å². The Morgan fingerprint density at radius 3 is 1.30 bits per heavy atom. The van der Waals surface area contributed by atoms with Crippen molar-refractivity contribution in [3.8, 4) is 0 Å². The topological polar surface area (TPSA) is 25.3 Å². The van der Waals surface area contributed by atoms with Crippen molar-refractivity contribution in [1.82, 2.24) is 0 Å². The molecule has 0 amide bonds. The molecule has 242 valence electrons. The average molecular weight is 597 g/mol. The van der Waals surface area contributed by atoms with Crippen molar-refractivity contribution in [3.05, 3.63) is 85.5 Å². The van der Waals surface area contributed by atoms with Crippen molar-refractivity contribution in [2.45, 2.75) is 171 Å². The molecule has 1 aliphatic rings. The molecule has 0 bridgehead atoms. The van der Waals surface area contributed by atoms with Gasteiger partial charge in [-0.1, -0.05) is 93.4 Å². The summed E-state index contributed by atoms with van der Waals surface area (Å²) in [5, 5.41) is 0. The van der Waals surface area contributed by atoms with E-state index in [1.54, 1.807) is 15.8 Å². The van der Waals surface area contributed by atoms with E-state index >= 15 is 0 Å². The predicted octanol–water partition coefficient (Wildman–Crippen LogP) is 13.0. The molecule has 0 N–H and O–H groups in total. The van der Waals surface area contributed by atoms with Gasteiger partial charge in [0.25, 0.3) is 0 Å². The molecule has 0 unspecified atom stereocenters. The highest BCUT2D eigenvalue weighted by atomic mass is 15.2. The summed E-state index contributed by atoms with van der Waals surface area (Å²) in [7, 11) is 0. The van der Waals surface area contributed by atoms with E-state index in [1.807, 2.05) is 0 Å². The molecule has 0 spiro atoms. The minimum Gasteiger partial charge on any atom is -0.493 e. The zero-order chi connectivity index (χ0) is 32.1. The zero-order valence-electron chi connectivity index (χ0n) is 29.9. The number of hydrogen-bond acceptors (Lipinski definition) is 0. The largest absolute Gasteiger partial charge is 0.493 e. The van der Waals surface area contributed by atoms with Crippen molar-refractivity contribution in [1.29, 1.82) is 0 Å². The third-order valence-electron chi connectivity index (χ3n) is 9.63. The van der Waals surface area contributed by atoms with E-state index in [9.17, 15) is 5.53 Å². The van der Waals surface area contributed by atoms with E-state index in [0.717, 1.165) is 75.6 Å². The Balaban J connectivity index is 2.24. The molecule has 0 saturated carbocycles. The van der Waals surface area contributed by atoms with Gasteiger partial charge in [0.1, 0.15) is 0 Å². The van der Waals surface area contributed by atoms with Crippen molar-refractivity contribution in [3.63, 3.8) is 0 Å². The van der Waals surface area contributed by atoms with Crippen LogP contribution in [-0.2, 0) is 38.5 Å². The number of aryl methyl sites for hydroxylation is 4. The standard InChI is InChI=1S/C42H64N2/c1-9-16-23-34-29-37(30-35(24-17-10-2)40(34)26-19-12-4)42-38(25-18-11-3)31(8)41(44(42)43)36-27-32(20-13-5)39(22-15-7)33(28-36)21-14-6/h27-30H,9-26H2,1-8H3. The Hall–Kier alpha value is -2.48. The lowest BCUT2D eigenvalue weighted by atomic mass is 9.87. The molecule has 1 aliphatic heterocycles. The number of benzene rings is 2. The minimum absolute atomic E-state index is 1.00. The second kappa shape index (κ2) is 18.5. The summed E-state index contributed by atoms with van der Waals surface area (Å²) in [6, 6.07) is 9.77. The van der Waals surface area contributed by atoms with Crippen molar-refractivity contribution < 1.29 is 4.70 Å². The molecule has 0 aliphatic carbocycles. The Morgan fingerprint density at radius 2 is 0.841 bits per heavy atom. The highest BCUT2D eigenvalue weighted by Gasteiger charge is 2.34. The van der Waals surface area contributed by atoms with Crippen LogP contribution in [0.25, 0.3) is 16.9 Å². The summed E-state index contributed by atoms with van der Waals surface area (Å²) < 4.78 is 1.61. The van der Waals surface area contributed by atoms with Crippen LogP contribution in [0.1, 0.15) is 177 Å². The highest BCUT2D eigenvalue weighted by Crippen LogP contribution is 2.44. The van der Waals surface area contributed by atoms with E-state index in [1.165, 1.54) is 95.9 Å². The molecular formula is C42H64N2. The fourth-order valence-electron chi connectivity index (χ4n) is 7.29. The van der Waals surface area contributed by atoms with Gasteiger partial charge in [0.2, 0.25) is 11.4 Å². The van der Waals surface area contributed by atoms with Gasteiger partial charge in [-0.05, 0) is 135 Å². The van der Waals surface area contributed by atoms with E-state index in [0.29, 0.717) is 0 Å². The van der Waals surface area contributed by atoms with Crippen LogP contribution in [0, 0.1) is 0 Å². The van der Waals surface area contributed by atoms with Gasteiger partial charge in [0.15, 0.2) is 0 Å². The van der Waals surface area contributed by atoms with Crippen molar-refractivity contribution >= 4 is 11.4 Å². The van der Waals surface area contributed by atoms with Gasteiger partial charge in [-0.2, -0.15) is 0 Å². The number of hydrogen-bond donors (Lipinski definition) is 0. The number of rotatable bonds is 20. The van der Waals surface area contributed by atoms with Gasteiger partial charge >= 0.3 is 0 Å². The number of nitrogens with zero attached hydrogens (tertiary/aromatic N) is 2. The average Bonchev–Trinajstić information content (AvgIpc) is 3.26. The summed E-state index contributed by atoms with van der Waals surface area (Å²) >= 11 is 0. The molecule has 0 atom stereocenters. The van der Waals surface area contributed by atoms with Gasteiger partial charge < -0.3 is 5.53 Å². The maximum atomic E-state index is 12.3. The molecule has 2 nitrogen and oxygen atoms in total. The summed E-state index contributed by atoms with van der Waals surface area (Å²) in [5.74, 6) is 0. The molecule has 0 fully saturated rings. The lowest BCUT2D eigenvalue weighted by molar-refractivity contribution is -0.345. The zero-order valence-corrected chi connectivity index (χ0v) is 29.9. The third-order valence-corrected chi connectivity index (χ3v) is 9.63. The molecule has 0 aromatic heterocycles. The smallest absolute Gasteiger partial charge is 0.211 e. The molecule has 2 heteroatoms. The van der Waals surface area contributed by atoms with E-state index in [-0.39, 0.29) is 0 Å². The minimum atomic E-state index is 1.00. The van der Waals surface area contributed by atoms with Crippen LogP contribution in [0.2, 0.25) is 0 Å². The first kappa shape index (κ1) is 36.0. The second-order valence-corrected chi connectivity index (χ2v) is 13.3. The SMILES string of the molecule is CCCCC1=C(c2cc(CCCC)c(CCCC)c(CCCC)c2)[N+](=[N-])C(c2cc(CCC)c(CCC)c(CCC)c2)=C1C. The van der Waals surface area contributed by atoms with Gasteiger partial charge in [-0.15, -0.1) is 0 Å². The first-order valence-corrected chi connectivity index (χ1v) is 18.6. The van der Waals surface area contributed by atoms with Crippen molar-refractivity contribution in [2.75, 3.05) is 0 Å². The Bertz CT molecular complexity index is 1250. The van der Waals surface area contributed by atoms with Crippen LogP contribution in [-0.4, -0.2) is 4.70 Å². The lowest BCUT2D eigenvalue weighted by Crippen LogP contribution is -2.09. The first-order valence-electron chi connectivity index (χ1n) is 18.6. The predicted molar refractivity (Wildman–Crippen MR) is 193 cm³/mol. The third kappa shape index (κ3) is 8.61. The lowest BCUT2D eigenvalue weighted by Gasteiger charge is -2.19. The normalized spacial score (nSPS) is 13.6. The maximum absolute atomic E-state index is 12.3. The molecule has 1 heterocycles. The van der Waals surface area contributed by atoms with Crippen LogP contribution in [0.15, 0.2) is 35.4 Å². The molecule has 2 aromatic carbocycles. The fraction of sp³-hybridized carbons (Fsp3) is 0.619. The Morgan fingerprint density at radius 1 is 0.455 bits per heavy atom. The number of allylic oxidation sites excluding steroid dienone is 2. The van der Waals surface area contributed by atoms with Crippen LogP contribution in [0.4, 0.5) is 0 Å². The molecule has 44 heavy (non-hydrogen) atoms. The van der Waals surface area contributed by atoms with Crippen LogP contribution >= 0.6 is 0 Å². The van der Waals surface area contributed by atoms with Gasteiger partial charge in [-0.25, -0.2) is 4.70 Å². The maximum Gasteiger partial charge on any atom is 0.211 e. The van der Waals surface area contributed by atoms with Gasteiger partial charge in [0.05, 0.1) is 0 Å². The first-order chi connectivity index (χ1) is 21.4. The molecular weight excluding hydrogens is 532 g/mol. The summed E-state index contributed by atoms with van der Waals surface area (Å²) in [5.41, 5.74) is 28.5. The highest BCUT2D eigenvalue weighted by molar-refractivity contribution is 5.82. The van der Waals surface area contributed by atoms with E-state index in [2.05, 4.69) is 79.7 Å². The van der Waals surface area contributed by atoms with Crippen LogP contribution in [0.5, 0.6) is 0 Å². The summed E-state index contributed by atoms with van der Waals surface area (Å²) in [4.78, 5) is 0. The van der Waals surface area contributed by atoms with Crippen LogP contribution in [0.3, 0.4) is 0 Å². The quantitative estimate of drug-likeness (QED) is 0.136. The number of unbranched alkanes of at least 4 members (excludes halogenated alkanes) is 4. The Labute approximate surface area is 271 Å².